The Hall–Kier alpha value is -1.10. The highest BCUT2D eigenvalue weighted by atomic mass is 16.4. The molecule has 0 saturated heterocycles. The van der Waals surface area contributed by atoms with E-state index in [1.807, 2.05) is 0 Å². The molecule has 0 amide bonds. The molecule has 5 heteroatoms. The first-order valence-electron chi connectivity index (χ1n) is 1.80. The van der Waals surface area contributed by atoms with E-state index in [0.717, 1.165) is 0 Å². The van der Waals surface area contributed by atoms with Gasteiger partial charge in [0.1, 0.15) is 11.9 Å². The number of hydrogen-bond donors (Lipinski definition) is 1. The molecule has 0 unspecified atom stereocenters. The SMILES string of the molecule is [NH3+]C(C(=O)[O-])C(=O)[O-]. The summed E-state index contributed by atoms with van der Waals surface area (Å²) in [5.41, 5.74) is 2.71. The van der Waals surface area contributed by atoms with Crippen molar-refractivity contribution in [3.05, 3.63) is 0 Å². The fourth-order valence-electron chi connectivity index (χ4n) is 0.0962. The zero-order chi connectivity index (χ0) is 6.73. The van der Waals surface area contributed by atoms with E-state index in [1.165, 1.54) is 0 Å². The minimum absolute atomic E-state index is 1.73. The van der Waals surface area contributed by atoms with Crippen LogP contribution in [0.5, 0.6) is 0 Å². The molecule has 0 atom stereocenters. The number of hydrogen-bond acceptors (Lipinski definition) is 4. The van der Waals surface area contributed by atoms with Crippen molar-refractivity contribution in [2.75, 3.05) is 0 Å². The summed E-state index contributed by atoms with van der Waals surface area (Å²) in [6, 6.07) is -1.77. The van der Waals surface area contributed by atoms with Crippen LogP contribution < -0.4 is 15.9 Å². The Morgan fingerprint density at radius 2 is 1.50 bits per heavy atom. The predicted molar refractivity (Wildman–Crippen MR) is 16.7 cm³/mol. The van der Waals surface area contributed by atoms with Crippen molar-refractivity contribution in [3.8, 4) is 0 Å². The third-order valence-electron chi connectivity index (χ3n) is 0.569. The van der Waals surface area contributed by atoms with Gasteiger partial charge in [-0.15, -0.1) is 0 Å². The van der Waals surface area contributed by atoms with Crippen molar-refractivity contribution >= 4 is 11.9 Å². The lowest BCUT2D eigenvalue weighted by molar-refractivity contribution is -0.448. The predicted octanol–water partition coefficient (Wildman–Crippen LogP) is -4.90. The summed E-state index contributed by atoms with van der Waals surface area (Å²) in [6.07, 6.45) is 0. The van der Waals surface area contributed by atoms with Crippen LogP contribution in [0.15, 0.2) is 0 Å². The molecule has 0 spiro atoms. The number of rotatable bonds is 2. The lowest BCUT2D eigenvalue weighted by Crippen LogP contribution is -2.74. The molecule has 0 aromatic carbocycles. The van der Waals surface area contributed by atoms with Crippen molar-refractivity contribution in [3.63, 3.8) is 0 Å². The average molecular weight is 118 g/mol. The molecule has 0 bridgehead atoms. The van der Waals surface area contributed by atoms with Gasteiger partial charge < -0.3 is 25.5 Å². The lowest BCUT2D eigenvalue weighted by Gasteiger charge is -2.07. The van der Waals surface area contributed by atoms with Gasteiger partial charge in [-0.2, -0.15) is 0 Å². The molecule has 46 valence electrons. The summed E-state index contributed by atoms with van der Waals surface area (Å²) in [5, 5.41) is 19.1. The number of carboxylic acid groups (broad SMARTS) is 2. The molecule has 8 heavy (non-hydrogen) atoms. The van der Waals surface area contributed by atoms with Gasteiger partial charge in [0.05, 0.1) is 0 Å². The van der Waals surface area contributed by atoms with Gasteiger partial charge in [0.25, 0.3) is 0 Å². The van der Waals surface area contributed by atoms with Gasteiger partial charge in [-0.25, -0.2) is 0 Å². The molecule has 0 saturated carbocycles. The van der Waals surface area contributed by atoms with Gasteiger partial charge >= 0.3 is 0 Å². The molecule has 0 aliphatic carbocycles. The Morgan fingerprint density at radius 3 is 1.50 bits per heavy atom. The van der Waals surface area contributed by atoms with Gasteiger partial charge in [0, 0.05) is 0 Å². The quantitative estimate of drug-likeness (QED) is 0.366. The van der Waals surface area contributed by atoms with Crippen molar-refractivity contribution in [2.45, 2.75) is 6.04 Å². The molecular weight excluding hydrogens is 114 g/mol. The first-order valence-corrected chi connectivity index (χ1v) is 1.80. The number of carbonyl (C=O) groups is 2. The molecule has 0 aromatic rings. The highest BCUT2D eigenvalue weighted by Gasteiger charge is 2.05. The van der Waals surface area contributed by atoms with Crippen LogP contribution in [0.2, 0.25) is 0 Å². The van der Waals surface area contributed by atoms with Gasteiger partial charge in [0.2, 0.25) is 0 Å². The van der Waals surface area contributed by atoms with Crippen LogP contribution in [0.3, 0.4) is 0 Å². The van der Waals surface area contributed by atoms with Crippen molar-refractivity contribution < 1.29 is 25.5 Å². The summed E-state index contributed by atoms with van der Waals surface area (Å²) >= 11 is 0. The maximum Gasteiger partial charge on any atom is 0.165 e. The Bertz CT molecular complexity index is 106. The minimum Gasteiger partial charge on any atom is -0.544 e. The van der Waals surface area contributed by atoms with E-state index in [1.54, 1.807) is 0 Å². The first-order chi connectivity index (χ1) is 3.55. The van der Waals surface area contributed by atoms with Crippen molar-refractivity contribution in [1.29, 1.82) is 0 Å². The lowest BCUT2D eigenvalue weighted by atomic mass is 10.3. The Kier molecular flexibility index (Phi) is 1.96. The summed E-state index contributed by atoms with van der Waals surface area (Å²) in [4.78, 5) is 19.1. The van der Waals surface area contributed by atoms with Gasteiger partial charge in [0.15, 0.2) is 6.04 Å². The standard InChI is InChI=1S/C3H5NO4/c4-1(2(5)6)3(7)8/h1H,4H2,(H,5,6)(H,7,8)/p-1. The van der Waals surface area contributed by atoms with Crippen LogP contribution >= 0.6 is 0 Å². The number of aliphatic carboxylic acids is 2. The molecule has 3 N–H and O–H groups in total. The fourth-order valence-corrected chi connectivity index (χ4v) is 0.0962. The van der Waals surface area contributed by atoms with Crippen LogP contribution in [0.25, 0.3) is 0 Å². The van der Waals surface area contributed by atoms with Gasteiger partial charge in [-0.1, -0.05) is 0 Å². The smallest absolute Gasteiger partial charge is 0.165 e. The Balaban J connectivity index is 3.83. The fraction of sp³-hybridized carbons (Fsp3) is 0.333. The van der Waals surface area contributed by atoms with Gasteiger partial charge in [-0.05, 0) is 0 Å². The van der Waals surface area contributed by atoms with E-state index in [0.29, 0.717) is 0 Å². The van der Waals surface area contributed by atoms with E-state index in [-0.39, 0.29) is 0 Å². The zero-order valence-corrected chi connectivity index (χ0v) is 3.92. The minimum atomic E-state index is -1.77. The van der Waals surface area contributed by atoms with Crippen molar-refractivity contribution in [1.82, 2.24) is 0 Å². The third-order valence-corrected chi connectivity index (χ3v) is 0.569. The normalized spacial score (nSPS) is 9.25. The van der Waals surface area contributed by atoms with E-state index < -0.39 is 18.0 Å². The second kappa shape index (κ2) is 2.27. The number of carboxylic acids is 2. The van der Waals surface area contributed by atoms with Crippen LogP contribution in [0, 0.1) is 0 Å². The Labute approximate surface area is 44.7 Å². The molecule has 0 heterocycles. The summed E-state index contributed by atoms with van der Waals surface area (Å²) < 4.78 is 0. The van der Waals surface area contributed by atoms with E-state index >= 15 is 0 Å². The third kappa shape index (κ3) is 1.57. The second-order valence-electron chi connectivity index (χ2n) is 1.19. The topological polar surface area (TPSA) is 108 Å². The molecule has 0 radical (unpaired) electrons. The second-order valence-corrected chi connectivity index (χ2v) is 1.19. The van der Waals surface area contributed by atoms with E-state index in [2.05, 4.69) is 5.73 Å². The largest absolute Gasteiger partial charge is 0.544 e. The highest BCUT2D eigenvalue weighted by molar-refractivity contribution is 5.92. The highest BCUT2D eigenvalue weighted by Crippen LogP contribution is 1.63. The maximum absolute atomic E-state index is 9.55. The number of quaternary nitrogens is 1. The van der Waals surface area contributed by atoms with Crippen LogP contribution in [0.1, 0.15) is 0 Å². The van der Waals surface area contributed by atoms with Gasteiger partial charge in [-0.3, -0.25) is 0 Å². The average Bonchev–Trinajstić information content (AvgIpc) is 1.64. The molecule has 0 aliphatic rings. The van der Waals surface area contributed by atoms with Crippen molar-refractivity contribution in [2.24, 2.45) is 0 Å². The molecule has 5 nitrogen and oxygen atoms in total. The maximum atomic E-state index is 9.55. The van der Waals surface area contributed by atoms with E-state index in [9.17, 15) is 19.8 Å². The van der Waals surface area contributed by atoms with Crippen LogP contribution in [-0.2, 0) is 9.59 Å². The Morgan fingerprint density at radius 1 is 1.25 bits per heavy atom. The molecular formula is C3H4NO4-. The summed E-state index contributed by atoms with van der Waals surface area (Å²) in [5.74, 6) is -3.46. The van der Waals surface area contributed by atoms with Crippen LogP contribution in [0.4, 0.5) is 0 Å². The summed E-state index contributed by atoms with van der Waals surface area (Å²) in [6.45, 7) is 0. The monoisotopic (exact) mass is 118 g/mol. The molecule has 0 fully saturated rings. The van der Waals surface area contributed by atoms with E-state index in [4.69, 9.17) is 0 Å². The first kappa shape index (κ1) is 6.90. The van der Waals surface area contributed by atoms with Crippen LogP contribution in [-0.4, -0.2) is 18.0 Å². The molecule has 0 aliphatic heterocycles. The summed E-state index contributed by atoms with van der Waals surface area (Å²) in [7, 11) is 0. The number of carbonyl (C=O) groups excluding carboxylic acids is 2. The molecule has 0 rings (SSSR count). The zero-order valence-electron chi connectivity index (χ0n) is 3.92. The molecule has 0 aromatic heterocycles.